The molecule has 0 aliphatic heterocycles. The number of benzene rings is 2. The molecule has 0 bridgehead atoms. The van der Waals surface area contributed by atoms with Gasteiger partial charge in [-0.05, 0) is 44.2 Å². The highest BCUT2D eigenvalue weighted by Crippen LogP contribution is 2.21. The number of halogens is 1. The van der Waals surface area contributed by atoms with Crippen molar-refractivity contribution < 1.29 is 9.59 Å². The molecule has 2 amide bonds. The molecule has 0 unspecified atom stereocenters. The average molecular weight is 346 g/mol. The van der Waals surface area contributed by atoms with Crippen molar-refractivity contribution in [2.75, 3.05) is 16.8 Å². The van der Waals surface area contributed by atoms with Gasteiger partial charge >= 0.3 is 0 Å². The predicted octanol–water partition coefficient (Wildman–Crippen LogP) is 3.29. The molecule has 0 saturated heterocycles. The molecule has 0 atom stereocenters. The molecule has 24 heavy (non-hydrogen) atoms. The second-order valence-corrected chi connectivity index (χ2v) is 6.04. The first kappa shape index (κ1) is 17.8. The zero-order valence-electron chi connectivity index (χ0n) is 13.6. The molecular weight excluding hydrogens is 326 g/mol. The highest BCUT2D eigenvalue weighted by molar-refractivity contribution is 6.31. The van der Waals surface area contributed by atoms with Crippen LogP contribution in [0.1, 0.15) is 24.2 Å². The summed E-state index contributed by atoms with van der Waals surface area (Å²) in [5.74, 6) is -0.710. The summed E-state index contributed by atoms with van der Waals surface area (Å²) < 4.78 is 0. The fourth-order valence-electron chi connectivity index (χ4n) is 2.45. The molecule has 2 aromatic rings. The van der Waals surface area contributed by atoms with E-state index in [0.717, 1.165) is 5.69 Å². The summed E-state index contributed by atoms with van der Waals surface area (Å²) in [6, 6.07) is 14.2. The third-order valence-corrected chi connectivity index (χ3v) is 3.73. The van der Waals surface area contributed by atoms with Crippen LogP contribution in [0.5, 0.6) is 0 Å². The van der Waals surface area contributed by atoms with Gasteiger partial charge in [-0.15, -0.1) is 0 Å². The Kier molecular flexibility index (Phi) is 5.82. The Hall–Kier alpha value is -2.53. The zero-order valence-corrected chi connectivity index (χ0v) is 14.4. The van der Waals surface area contributed by atoms with Crippen LogP contribution in [0.2, 0.25) is 5.02 Å². The van der Waals surface area contributed by atoms with Gasteiger partial charge in [-0.25, -0.2) is 0 Å². The maximum absolute atomic E-state index is 12.6. The summed E-state index contributed by atoms with van der Waals surface area (Å²) in [4.78, 5) is 25.8. The molecule has 0 saturated carbocycles. The van der Waals surface area contributed by atoms with Gasteiger partial charge in [0.05, 0.1) is 12.1 Å². The number of hydrogen-bond acceptors (Lipinski definition) is 3. The number of hydrogen-bond donors (Lipinski definition) is 2. The first-order valence-electron chi connectivity index (χ1n) is 7.60. The van der Waals surface area contributed by atoms with Crippen molar-refractivity contribution >= 4 is 34.8 Å². The minimum atomic E-state index is -0.601. The second-order valence-electron chi connectivity index (χ2n) is 5.60. The van der Waals surface area contributed by atoms with Gasteiger partial charge in [0, 0.05) is 22.4 Å². The van der Waals surface area contributed by atoms with Crippen LogP contribution < -0.4 is 16.0 Å². The van der Waals surface area contributed by atoms with E-state index in [1.165, 1.54) is 6.07 Å². The lowest BCUT2D eigenvalue weighted by Gasteiger charge is -2.27. The Morgan fingerprint density at radius 1 is 1.17 bits per heavy atom. The molecule has 126 valence electrons. The Morgan fingerprint density at radius 3 is 2.42 bits per heavy atom. The summed E-state index contributed by atoms with van der Waals surface area (Å²) in [6.45, 7) is 3.93. The first-order chi connectivity index (χ1) is 11.4. The van der Waals surface area contributed by atoms with E-state index in [1.807, 2.05) is 44.2 Å². The number of nitrogens with two attached hydrogens (primary N) is 1. The summed E-state index contributed by atoms with van der Waals surface area (Å²) in [6.07, 6.45) is 0. The number of anilines is 2. The minimum absolute atomic E-state index is 0.00234. The molecule has 2 rings (SSSR count). The number of carbonyl (C=O) groups excluding carboxylic acids is 2. The molecule has 5 nitrogen and oxygen atoms in total. The van der Waals surface area contributed by atoms with E-state index in [-0.39, 0.29) is 24.1 Å². The molecule has 2 aromatic carbocycles. The van der Waals surface area contributed by atoms with E-state index in [9.17, 15) is 9.59 Å². The summed E-state index contributed by atoms with van der Waals surface area (Å²) in [5.41, 5.74) is 6.92. The molecule has 3 N–H and O–H groups in total. The quantitative estimate of drug-likeness (QED) is 0.843. The minimum Gasteiger partial charge on any atom is -0.375 e. The van der Waals surface area contributed by atoms with E-state index in [4.69, 9.17) is 17.3 Å². The number of nitrogens with zero attached hydrogens (tertiary/aromatic N) is 1. The van der Waals surface area contributed by atoms with Crippen molar-refractivity contribution in [3.05, 3.63) is 59.1 Å². The lowest BCUT2D eigenvalue weighted by molar-refractivity contribution is -0.117. The van der Waals surface area contributed by atoms with Gasteiger partial charge in [0.2, 0.25) is 5.91 Å². The normalized spacial score (nSPS) is 10.5. The fraction of sp³-hybridized carbons (Fsp3) is 0.222. The van der Waals surface area contributed by atoms with Gasteiger partial charge in [0.25, 0.3) is 5.91 Å². The molecule has 0 spiro atoms. The Morgan fingerprint density at radius 2 is 1.83 bits per heavy atom. The van der Waals surface area contributed by atoms with E-state index in [0.29, 0.717) is 10.7 Å². The molecule has 0 radical (unpaired) electrons. The maximum Gasteiger partial charge on any atom is 0.250 e. The van der Waals surface area contributed by atoms with E-state index >= 15 is 0 Å². The van der Waals surface area contributed by atoms with Gasteiger partial charge in [-0.3, -0.25) is 9.59 Å². The van der Waals surface area contributed by atoms with Gasteiger partial charge in [0.1, 0.15) is 0 Å². The molecule has 0 fully saturated rings. The van der Waals surface area contributed by atoms with Crippen molar-refractivity contribution in [1.82, 2.24) is 0 Å². The van der Waals surface area contributed by atoms with Crippen LogP contribution in [-0.4, -0.2) is 24.4 Å². The fourth-order valence-corrected chi connectivity index (χ4v) is 2.62. The van der Waals surface area contributed by atoms with Crippen LogP contribution in [0.15, 0.2) is 48.5 Å². The van der Waals surface area contributed by atoms with Crippen molar-refractivity contribution in [2.24, 2.45) is 5.73 Å². The Labute approximate surface area is 146 Å². The van der Waals surface area contributed by atoms with E-state index in [1.54, 1.807) is 17.0 Å². The highest BCUT2D eigenvalue weighted by Gasteiger charge is 2.19. The van der Waals surface area contributed by atoms with Gasteiger partial charge in [-0.1, -0.05) is 29.8 Å². The second kappa shape index (κ2) is 7.84. The summed E-state index contributed by atoms with van der Waals surface area (Å²) in [5, 5.41) is 3.39. The largest absolute Gasteiger partial charge is 0.375 e. The molecular formula is C18H20ClN3O2. The number of nitrogens with one attached hydrogen (secondary N) is 1. The summed E-state index contributed by atoms with van der Waals surface area (Å²) >= 11 is 5.88. The smallest absolute Gasteiger partial charge is 0.250 e. The third-order valence-electron chi connectivity index (χ3n) is 3.50. The number of amides is 2. The van der Waals surface area contributed by atoms with Crippen LogP contribution in [0.3, 0.4) is 0 Å². The summed E-state index contributed by atoms with van der Waals surface area (Å²) in [7, 11) is 0. The van der Waals surface area contributed by atoms with Crippen LogP contribution in [-0.2, 0) is 4.79 Å². The Balaban J connectivity index is 2.16. The van der Waals surface area contributed by atoms with Crippen molar-refractivity contribution in [1.29, 1.82) is 0 Å². The standard InChI is InChI=1S/C18H20ClN3O2/c1-12(2)22(14-6-4-3-5-7-14)17(23)11-21-16-9-8-13(19)10-15(16)18(20)24/h3-10,12,21H,11H2,1-2H3,(H2,20,24). The number of para-hydroxylation sites is 1. The topological polar surface area (TPSA) is 75.4 Å². The monoisotopic (exact) mass is 345 g/mol. The lowest BCUT2D eigenvalue weighted by atomic mass is 10.1. The molecule has 6 heteroatoms. The molecule has 0 aliphatic rings. The van der Waals surface area contributed by atoms with Gasteiger partial charge in [0.15, 0.2) is 0 Å². The zero-order chi connectivity index (χ0) is 17.7. The van der Waals surface area contributed by atoms with E-state index in [2.05, 4.69) is 5.32 Å². The number of primary amides is 1. The first-order valence-corrected chi connectivity index (χ1v) is 7.98. The van der Waals surface area contributed by atoms with Crippen molar-refractivity contribution in [2.45, 2.75) is 19.9 Å². The lowest BCUT2D eigenvalue weighted by Crippen LogP contribution is -2.40. The molecule has 0 heterocycles. The highest BCUT2D eigenvalue weighted by atomic mass is 35.5. The van der Waals surface area contributed by atoms with Crippen LogP contribution in [0.4, 0.5) is 11.4 Å². The third kappa shape index (κ3) is 4.26. The maximum atomic E-state index is 12.6. The predicted molar refractivity (Wildman–Crippen MR) is 97.5 cm³/mol. The van der Waals surface area contributed by atoms with Crippen molar-refractivity contribution in [3.8, 4) is 0 Å². The van der Waals surface area contributed by atoms with Gasteiger partial charge < -0.3 is 16.0 Å². The van der Waals surface area contributed by atoms with Crippen LogP contribution in [0.25, 0.3) is 0 Å². The van der Waals surface area contributed by atoms with Crippen LogP contribution in [0, 0.1) is 0 Å². The van der Waals surface area contributed by atoms with Crippen molar-refractivity contribution in [3.63, 3.8) is 0 Å². The SMILES string of the molecule is CC(C)N(C(=O)CNc1ccc(Cl)cc1C(N)=O)c1ccccc1. The number of carbonyl (C=O) groups is 2. The van der Waals surface area contributed by atoms with E-state index < -0.39 is 5.91 Å². The molecule has 0 aliphatic carbocycles. The number of rotatable bonds is 6. The average Bonchev–Trinajstić information content (AvgIpc) is 2.54. The Bertz CT molecular complexity index is 732. The van der Waals surface area contributed by atoms with Crippen LogP contribution >= 0.6 is 11.6 Å². The molecule has 0 aromatic heterocycles. The van der Waals surface area contributed by atoms with Gasteiger partial charge in [-0.2, -0.15) is 0 Å².